The highest BCUT2D eigenvalue weighted by molar-refractivity contribution is 9.10. The molecule has 5 heteroatoms. The van der Waals surface area contributed by atoms with E-state index in [9.17, 15) is 4.79 Å². The number of halogens is 1. The minimum atomic E-state index is -0.0151. The van der Waals surface area contributed by atoms with Crippen molar-refractivity contribution in [2.24, 2.45) is 5.73 Å². The number of para-hydroxylation sites is 1. The van der Waals surface area contributed by atoms with E-state index < -0.39 is 0 Å². The fraction of sp³-hybridized carbons (Fsp3) is 0.462. The van der Waals surface area contributed by atoms with Crippen LogP contribution >= 0.6 is 15.9 Å². The van der Waals surface area contributed by atoms with Crippen LogP contribution < -0.4 is 10.5 Å². The molecule has 0 bridgehead atoms. The molecule has 0 heterocycles. The minimum absolute atomic E-state index is 0.0151. The molecule has 0 saturated carbocycles. The van der Waals surface area contributed by atoms with Crippen LogP contribution in [0.2, 0.25) is 0 Å². The van der Waals surface area contributed by atoms with Gasteiger partial charge in [-0.1, -0.05) is 12.1 Å². The first-order valence-corrected chi connectivity index (χ1v) is 6.81. The molecule has 1 aromatic carbocycles. The molecular formula is C13H19BrN2O2. The molecule has 4 nitrogen and oxygen atoms in total. The van der Waals surface area contributed by atoms with Gasteiger partial charge in [0.1, 0.15) is 5.75 Å². The lowest BCUT2D eigenvalue weighted by molar-refractivity contribution is -0.132. The van der Waals surface area contributed by atoms with Gasteiger partial charge in [-0.05, 0) is 35.8 Å². The second kappa shape index (κ2) is 7.38. The van der Waals surface area contributed by atoms with E-state index in [-0.39, 0.29) is 12.5 Å². The van der Waals surface area contributed by atoms with Crippen molar-refractivity contribution >= 4 is 21.8 Å². The average Bonchev–Trinajstić information content (AvgIpc) is 2.38. The van der Waals surface area contributed by atoms with Crippen LogP contribution in [0.1, 0.15) is 19.4 Å². The Morgan fingerprint density at radius 1 is 1.39 bits per heavy atom. The van der Waals surface area contributed by atoms with Crippen LogP contribution in [-0.4, -0.2) is 30.5 Å². The van der Waals surface area contributed by atoms with Gasteiger partial charge >= 0.3 is 0 Å². The Morgan fingerprint density at radius 2 is 2.06 bits per heavy atom. The van der Waals surface area contributed by atoms with Crippen molar-refractivity contribution < 1.29 is 9.53 Å². The van der Waals surface area contributed by atoms with Crippen molar-refractivity contribution in [3.05, 3.63) is 28.2 Å². The Morgan fingerprint density at radius 3 is 2.61 bits per heavy atom. The first-order chi connectivity index (χ1) is 8.63. The van der Waals surface area contributed by atoms with Crippen LogP contribution in [0.3, 0.4) is 0 Å². The van der Waals surface area contributed by atoms with Gasteiger partial charge in [0.2, 0.25) is 0 Å². The number of rotatable bonds is 6. The molecule has 0 unspecified atom stereocenters. The molecule has 0 radical (unpaired) electrons. The number of hydrogen-bond acceptors (Lipinski definition) is 3. The standard InChI is InChI=1S/C13H19BrN2O2/c1-3-16(4-2)12(17)9-18-13-10(8-15)6-5-7-11(13)14/h5-7H,3-4,8-9,15H2,1-2H3. The smallest absolute Gasteiger partial charge is 0.260 e. The lowest BCUT2D eigenvalue weighted by atomic mass is 10.2. The molecule has 0 spiro atoms. The average molecular weight is 315 g/mol. The molecule has 0 aromatic heterocycles. The van der Waals surface area contributed by atoms with Gasteiger partial charge in [-0.25, -0.2) is 0 Å². The zero-order chi connectivity index (χ0) is 13.5. The fourth-order valence-corrected chi connectivity index (χ4v) is 2.20. The molecule has 0 aliphatic carbocycles. The first-order valence-electron chi connectivity index (χ1n) is 6.02. The van der Waals surface area contributed by atoms with Crippen LogP contribution in [0.5, 0.6) is 5.75 Å². The third-order valence-electron chi connectivity index (χ3n) is 2.72. The quantitative estimate of drug-likeness (QED) is 0.875. The number of benzene rings is 1. The molecule has 0 saturated heterocycles. The molecule has 0 aliphatic heterocycles. The summed E-state index contributed by atoms with van der Waals surface area (Å²) in [4.78, 5) is 13.6. The molecule has 0 fully saturated rings. The molecule has 100 valence electrons. The zero-order valence-corrected chi connectivity index (χ0v) is 12.4. The maximum Gasteiger partial charge on any atom is 0.260 e. The SMILES string of the molecule is CCN(CC)C(=O)COc1c(Br)cccc1CN. The normalized spacial score (nSPS) is 10.2. The topological polar surface area (TPSA) is 55.6 Å². The highest BCUT2D eigenvalue weighted by atomic mass is 79.9. The number of carbonyl (C=O) groups is 1. The summed E-state index contributed by atoms with van der Waals surface area (Å²) < 4.78 is 6.40. The van der Waals surface area contributed by atoms with E-state index >= 15 is 0 Å². The second-order valence-electron chi connectivity index (χ2n) is 3.79. The third-order valence-corrected chi connectivity index (χ3v) is 3.35. The monoisotopic (exact) mass is 314 g/mol. The number of amides is 1. The van der Waals surface area contributed by atoms with E-state index in [4.69, 9.17) is 10.5 Å². The Balaban J connectivity index is 2.71. The summed E-state index contributed by atoms with van der Waals surface area (Å²) >= 11 is 3.40. The molecule has 0 aliphatic rings. The van der Waals surface area contributed by atoms with Crippen LogP contribution in [-0.2, 0) is 11.3 Å². The third kappa shape index (κ3) is 3.71. The maximum absolute atomic E-state index is 11.8. The van der Waals surface area contributed by atoms with Crippen molar-refractivity contribution in [1.82, 2.24) is 4.90 Å². The van der Waals surface area contributed by atoms with E-state index in [1.54, 1.807) is 4.90 Å². The first kappa shape index (κ1) is 15.0. The van der Waals surface area contributed by atoms with Crippen LogP contribution in [0.15, 0.2) is 22.7 Å². The fourth-order valence-electron chi connectivity index (χ4n) is 1.68. The van der Waals surface area contributed by atoms with Gasteiger partial charge in [-0.15, -0.1) is 0 Å². The largest absolute Gasteiger partial charge is 0.482 e. The minimum Gasteiger partial charge on any atom is -0.482 e. The summed E-state index contributed by atoms with van der Waals surface area (Å²) in [5.74, 6) is 0.638. The van der Waals surface area contributed by atoms with Gasteiger partial charge in [0.25, 0.3) is 5.91 Å². The van der Waals surface area contributed by atoms with Crippen molar-refractivity contribution in [3.63, 3.8) is 0 Å². The van der Waals surface area contributed by atoms with Crippen LogP contribution in [0.4, 0.5) is 0 Å². The number of likely N-dealkylation sites (N-methyl/N-ethyl adjacent to an activating group) is 1. The Labute approximate surface area is 116 Å². The number of hydrogen-bond donors (Lipinski definition) is 1. The lowest BCUT2D eigenvalue weighted by Crippen LogP contribution is -2.34. The van der Waals surface area contributed by atoms with Crippen molar-refractivity contribution in [1.29, 1.82) is 0 Å². The highest BCUT2D eigenvalue weighted by Gasteiger charge is 2.13. The number of nitrogens with two attached hydrogens (primary N) is 1. The van der Waals surface area contributed by atoms with Gasteiger partial charge in [0, 0.05) is 25.2 Å². The van der Waals surface area contributed by atoms with Gasteiger partial charge in [-0.3, -0.25) is 4.79 Å². The molecule has 1 aromatic rings. The van der Waals surface area contributed by atoms with Crippen LogP contribution in [0, 0.1) is 0 Å². The van der Waals surface area contributed by atoms with Gasteiger partial charge in [0.05, 0.1) is 4.47 Å². The van der Waals surface area contributed by atoms with Crippen LogP contribution in [0.25, 0.3) is 0 Å². The lowest BCUT2D eigenvalue weighted by Gasteiger charge is -2.19. The highest BCUT2D eigenvalue weighted by Crippen LogP contribution is 2.28. The van der Waals surface area contributed by atoms with Gasteiger partial charge in [0.15, 0.2) is 6.61 Å². The molecular weight excluding hydrogens is 296 g/mol. The summed E-state index contributed by atoms with van der Waals surface area (Å²) in [5.41, 5.74) is 6.53. The number of nitrogens with zero attached hydrogens (tertiary/aromatic N) is 1. The summed E-state index contributed by atoms with van der Waals surface area (Å²) in [6, 6.07) is 5.66. The number of carbonyl (C=O) groups excluding carboxylic acids is 1. The number of ether oxygens (including phenoxy) is 1. The van der Waals surface area contributed by atoms with E-state index in [1.807, 2.05) is 32.0 Å². The molecule has 1 amide bonds. The van der Waals surface area contributed by atoms with E-state index in [0.717, 1.165) is 10.0 Å². The summed E-state index contributed by atoms with van der Waals surface area (Å²) in [6.07, 6.45) is 0. The summed E-state index contributed by atoms with van der Waals surface area (Å²) in [6.45, 7) is 5.71. The van der Waals surface area contributed by atoms with Crippen molar-refractivity contribution in [2.45, 2.75) is 20.4 Å². The molecule has 2 N–H and O–H groups in total. The Bertz CT molecular complexity index is 406. The molecule has 1 rings (SSSR count). The van der Waals surface area contributed by atoms with Crippen molar-refractivity contribution in [2.75, 3.05) is 19.7 Å². The van der Waals surface area contributed by atoms with Gasteiger partial charge < -0.3 is 15.4 Å². The maximum atomic E-state index is 11.8. The van der Waals surface area contributed by atoms with E-state index in [2.05, 4.69) is 15.9 Å². The van der Waals surface area contributed by atoms with Gasteiger partial charge in [-0.2, -0.15) is 0 Å². The van der Waals surface area contributed by atoms with Crippen molar-refractivity contribution in [3.8, 4) is 5.75 Å². The molecule has 18 heavy (non-hydrogen) atoms. The Kier molecular flexibility index (Phi) is 6.15. The molecule has 0 atom stereocenters. The predicted octanol–water partition coefficient (Wildman–Crippen LogP) is 2.16. The summed E-state index contributed by atoms with van der Waals surface area (Å²) in [5, 5.41) is 0. The zero-order valence-electron chi connectivity index (χ0n) is 10.8. The predicted molar refractivity (Wildman–Crippen MR) is 75.5 cm³/mol. The second-order valence-corrected chi connectivity index (χ2v) is 4.64. The van der Waals surface area contributed by atoms with E-state index in [1.165, 1.54) is 0 Å². The van der Waals surface area contributed by atoms with E-state index in [0.29, 0.717) is 25.4 Å². The summed E-state index contributed by atoms with van der Waals surface area (Å²) in [7, 11) is 0. The Hall–Kier alpha value is -1.07.